The first kappa shape index (κ1) is 26.7. The normalized spacial score (nSPS) is 11.8. The lowest BCUT2D eigenvalue weighted by Gasteiger charge is -2.12. The molecule has 0 aliphatic heterocycles. The van der Waals surface area contributed by atoms with E-state index >= 15 is 0 Å². The highest BCUT2D eigenvalue weighted by Gasteiger charge is 2.21. The molecule has 0 radical (unpaired) electrons. The van der Waals surface area contributed by atoms with Gasteiger partial charge in [-0.25, -0.2) is 9.97 Å². The predicted molar refractivity (Wildman–Crippen MR) is 196 cm³/mol. The molecule has 0 amide bonds. The van der Waals surface area contributed by atoms with Crippen LogP contribution in [-0.4, -0.2) is 9.97 Å². The van der Waals surface area contributed by atoms with E-state index in [1.807, 2.05) is 60.7 Å². The second kappa shape index (κ2) is 10.5. The minimum atomic E-state index is 0.661. The van der Waals surface area contributed by atoms with Crippen LogP contribution in [0.2, 0.25) is 0 Å². The van der Waals surface area contributed by atoms with E-state index in [0.29, 0.717) is 5.82 Å². The highest BCUT2D eigenvalue weighted by molar-refractivity contribution is 6.25. The van der Waals surface area contributed by atoms with Crippen LogP contribution in [0.3, 0.4) is 0 Å². The van der Waals surface area contributed by atoms with E-state index < -0.39 is 0 Å². The zero-order chi connectivity index (χ0) is 31.6. The number of aromatic nitrogens is 2. The second-order valence-corrected chi connectivity index (χ2v) is 12.1. The Labute approximate surface area is 275 Å². The Morgan fingerprint density at radius 2 is 0.875 bits per heavy atom. The van der Waals surface area contributed by atoms with Crippen LogP contribution in [0.25, 0.3) is 99.7 Å². The first-order valence-electron chi connectivity index (χ1n) is 16.1. The van der Waals surface area contributed by atoms with Gasteiger partial charge in [0.2, 0.25) is 0 Å². The zero-order valence-corrected chi connectivity index (χ0v) is 25.7. The van der Waals surface area contributed by atoms with E-state index in [-0.39, 0.29) is 0 Å². The third kappa shape index (κ3) is 4.10. The first-order chi connectivity index (χ1) is 23.8. The van der Waals surface area contributed by atoms with Crippen LogP contribution in [0.4, 0.5) is 0 Å². The molecule has 0 atom stereocenters. The Kier molecular flexibility index (Phi) is 5.84. The van der Waals surface area contributed by atoms with Crippen molar-refractivity contribution in [2.75, 3.05) is 0 Å². The molecule has 3 aromatic heterocycles. The molecule has 0 N–H and O–H groups in total. The van der Waals surface area contributed by atoms with Crippen molar-refractivity contribution in [2.45, 2.75) is 0 Å². The van der Waals surface area contributed by atoms with Crippen molar-refractivity contribution in [2.24, 2.45) is 0 Å². The number of nitrogens with zero attached hydrogens (tertiary/aromatic N) is 2. The van der Waals surface area contributed by atoms with E-state index in [2.05, 4.69) is 97.1 Å². The molecule has 4 heteroatoms. The lowest BCUT2D eigenvalue weighted by molar-refractivity contribution is 0.669. The third-order valence-corrected chi connectivity index (χ3v) is 9.30. The van der Waals surface area contributed by atoms with Gasteiger partial charge in [-0.1, -0.05) is 127 Å². The summed E-state index contributed by atoms with van der Waals surface area (Å²) in [5, 5.41) is 6.56. The zero-order valence-electron chi connectivity index (χ0n) is 25.7. The van der Waals surface area contributed by atoms with Gasteiger partial charge in [0.1, 0.15) is 22.3 Å². The van der Waals surface area contributed by atoms with Crippen molar-refractivity contribution < 1.29 is 8.83 Å². The summed E-state index contributed by atoms with van der Waals surface area (Å²) in [6.07, 6.45) is 0. The third-order valence-electron chi connectivity index (χ3n) is 9.30. The lowest BCUT2D eigenvalue weighted by atomic mass is 9.93. The number of rotatable bonds is 4. The summed E-state index contributed by atoms with van der Waals surface area (Å²) in [6.45, 7) is 0. The first-order valence-corrected chi connectivity index (χ1v) is 16.1. The number of benzene rings is 7. The van der Waals surface area contributed by atoms with Crippen molar-refractivity contribution in [3.63, 3.8) is 0 Å². The van der Waals surface area contributed by atoms with Gasteiger partial charge in [0.25, 0.3) is 0 Å². The Morgan fingerprint density at radius 1 is 0.333 bits per heavy atom. The number of furan rings is 2. The Hall–Kier alpha value is -6.52. The number of para-hydroxylation sites is 1. The molecule has 224 valence electrons. The lowest BCUT2D eigenvalue weighted by Crippen LogP contribution is -1.96. The van der Waals surface area contributed by atoms with Crippen molar-refractivity contribution in [1.29, 1.82) is 0 Å². The average molecular weight is 615 g/mol. The van der Waals surface area contributed by atoms with Crippen LogP contribution in [0.5, 0.6) is 0 Å². The van der Waals surface area contributed by atoms with Crippen LogP contribution in [0.15, 0.2) is 167 Å². The summed E-state index contributed by atoms with van der Waals surface area (Å²) in [7, 11) is 0. The molecule has 0 fully saturated rings. The second-order valence-electron chi connectivity index (χ2n) is 12.1. The average Bonchev–Trinajstić information content (AvgIpc) is 3.74. The van der Waals surface area contributed by atoms with Gasteiger partial charge in [0.15, 0.2) is 5.82 Å². The fourth-order valence-electron chi connectivity index (χ4n) is 7.18. The molecule has 0 saturated carbocycles. The van der Waals surface area contributed by atoms with Gasteiger partial charge in [-0.3, -0.25) is 0 Å². The van der Waals surface area contributed by atoms with E-state index in [1.54, 1.807) is 0 Å². The van der Waals surface area contributed by atoms with E-state index in [1.165, 1.54) is 5.39 Å². The van der Waals surface area contributed by atoms with Crippen LogP contribution in [-0.2, 0) is 0 Å². The summed E-state index contributed by atoms with van der Waals surface area (Å²) in [5.74, 6) is 0.661. The molecule has 48 heavy (non-hydrogen) atoms. The number of fused-ring (bicyclic) bond motifs is 8. The van der Waals surface area contributed by atoms with Crippen LogP contribution in [0, 0.1) is 0 Å². The maximum Gasteiger partial charge on any atom is 0.160 e. The standard InChI is InChI=1S/C44H26N2O2/c1-3-13-27(14-4-1)34-25-40-42(30-18-8-7-17-29(30)34)43-32(21-12-24-39(43)48-40)36-26-35(45-44(46-36)28-15-5-2-6-16-28)31-20-11-23-38-41(31)33-19-9-10-22-37(33)47-38/h1-26H. The van der Waals surface area contributed by atoms with Gasteiger partial charge >= 0.3 is 0 Å². The highest BCUT2D eigenvalue weighted by Crippen LogP contribution is 2.44. The van der Waals surface area contributed by atoms with Crippen molar-refractivity contribution in [3.8, 4) is 45.0 Å². The SMILES string of the molecule is c1ccc(-c2nc(-c3cccc4oc5ccccc5c34)cc(-c3cccc4oc5cc(-c6ccccc6)c6ccccc6c5c34)n2)cc1. The van der Waals surface area contributed by atoms with E-state index in [0.717, 1.165) is 88.5 Å². The molecule has 4 nitrogen and oxygen atoms in total. The fourth-order valence-corrected chi connectivity index (χ4v) is 7.18. The van der Waals surface area contributed by atoms with Crippen LogP contribution < -0.4 is 0 Å². The largest absolute Gasteiger partial charge is 0.456 e. The summed E-state index contributed by atoms with van der Waals surface area (Å²) in [4.78, 5) is 10.4. The van der Waals surface area contributed by atoms with Crippen molar-refractivity contribution in [1.82, 2.24) is 9.97 Å². The number of hydrogen-bond acceptors (Lipinski definition) is 4. The highest BCUT2D eigenvalue weighted by atomic mass is 16.3. The minimum absolute atomic E-state index is 0.661. The maximum absolute atomic E-state index is 6.65. The maximum atomic E-state index is 6.65. The molecule has 10 rings (SSSR count). The number of hydrogen-bond donors (Lipinski definition) is 0. The molecular formula is C44H26N2O2. The molecule has 0 saturated heterocycles. The van der Waals surface area contributed by atoms with Gasteiger partial charge in [0.05, 0.1) is 11.4 Å². The molecule has 0 spiro atoms. The molecule has 10 aromatic rings. The van der Waals surface area contributed by atoms with Gasteiger partial charge in [0, 0.05) is 38.2 Å². The Bertz CT molecular complexity index is 2830. The molecule has 0 bridgehead atoms. The smallest absolute Gasteiger partial charge is 0.160 e. The monoisotopic (exact) mass is 614 g/mol. The molecule has 0 unspecified atom stereocenters. The molecule has 3 heterocycles. The van der Waals surface area contributed by atoms with Gasteiger partial charge in [-0.15, -0.1) is 0 Å². The van der Waals surface area contributed by atoms with E-state index in [9.17, 15) is 0 Å². The van der Waals surface area contributed by atoms with Crippen molar-refractivity contribution in [3.05, 3.63) is 158 Å². The van der Waals surface area contributed by atoms with Gasteiger partial charge < -0.3 is 8.83 Å². The molecule has 0 aliphatic rings. The van der Waals surface area contributed by atoms with Crippen LogP contribution in [0.1, 0.15) is 0 Å². The quantitative estimate of drug-likeness (QED) is 0.198. The summed E-state index contributed by atoms with van der Waals surface area (Å²) in [5.41, 5.74) is 10.3. The molecular weight excluding hydrogens is 588 g/mol. The fraction of sp³-hybridized carbons (Fsp3) is 0. The minimum Gasteiger partial charge on any atom is -0.456 e. The summed E-state index contributed by atoms with van der Waals surface area (Å²) < 4.78 is 12.9. The summed E-state index contributed by atoms with van der Waals surface area (Å²) >= 11 is 0. The van der Waals surface area contributed by atoms with Gasteiger partial charge in [-0.05, 0) is 52.2 Å². The van der Waals surface area contributed by atoms with Crippen molar-refractivity contribution >= 4 is 54.6 Å². The predicted octanol–water partition coefficient (Wildman–Crippen LogP) is 12.1. The Morgan fingerprint density at radius 3 is 1.60 bits per heavy atom. The summed E-state index contributed by atoms with van der Waals surface area (Å²) in [6, 6.07) is 54.2. The Balaban J connectivity index is 1.28. The molecule has 0 aliphatic carbocycles. The van der Waals surface area contributed by atoms with Crippen LogP contribution >= 0.6 is 0 Å². The topological polar surface area (TPSA) is 52.1 Å². The van der Waals surface area contributed by atoms with E-state index in [4.69, 9.17) is 18.8 Å². The molecule has 7 aromatic carbocycles. The van der Waals surface area contributed by atoms with Gasteiger partial charge in [-0.2, -0.15) is 0 Å².